The minimum Gasteiger partial charge on any atom is -0.497 e. The standard InChI is InChI=1S/C22H24N4O3S/c1-17-6-3-4-9-20(17)21-10-11-22(24-23-21)25-12-14-26(15-13-25)30(27,28)19-8-5-7-18(16-19)29-2/h3-11,16H,12-15H2,1-2H3. The Labute approximate surface area is 177 Å². The number of ether oxygens (including phenoxy) is 1. The summed E-state index contributed by atoms with van der Waals surface area (Å²) in [5.41, 5.74) is 3.04. The van der Waals surface area contributed by atoms with Gasteiger partial charge in [0, 0.05) is 37.8 Å². The van der Waals surface area contributed by atoms with E-state index in [0.29, 0.717) is 31.9 Å². The number of aryl methyl sites for hydroxylation is 1. The highest BCUT2D eigenvalue weighted by Crippen LogP contribution is 2.25. The van der Waals surface area contributed by atoms with Gasteiger partial charge in [-0.3, -0.25) is 0 Å². The third-order valence-corrected chi connectivity index (χ3v) is 7.21. The molecule has 7 nitrogen and oxygen atoms in total. The second kappa shape index (κ2) is 8.41. The minimum atomic E-state index is -3.56. The van der Waals surface area contributed by atoms with E-state index in [1.165, 1.54) is 11.4 Å². The van der Waals surface area contributed by atoms with Gasteiger partial charge in [0.05, 0.1) is 17.7 Å². The van der Waals surface area contributed by atoms with Crippen LogP contribution in [0, 0.1) is 6.92 Å². The topological polar surface area (TPSA) is 75.6 Å². The molecule has 30 heavy (non-hydrogen) atoms. The first kappa shape index (κ1) is 20.3. The minimum absolute atomic E-state index is 0.248. The van der Waals surface area contributed by atoms with Crippen molar-refractivity contribution in [3.63, 3.8) is 0 Å². The number of nitrogens with zero attached hydrogens (tertiary/aromatic N) is 4. The van der Waals surface area contributed by atoms with E-state index < -0.39 is 10.0 Å². The molecule has 1 aliphatic heterocycles. The first-order chi connectivity index (χ1) is 14.5. The van der Waals surface area contributed by atoms with Crippen LogP contribution >= 0.6 is 0 Å². The van der Waals surface area contributed by atoms with Gasteiger partial charge in [-0.15, -0.1) is 10.2 Å². The molecule has 3 aromatic rings. The van der Waals surface area contributed by atoms with E-state index in [4.69, 9.17) is 4.74 Å². The molecule has 0 amide bonds. The fourth-order valence-electron chi connectivity index (χ4n) is 3.57. The van der Waals surface area contributed by atoms with Crippen LogP contribution in [-0.2, 0) is 10.0 Å². The van der Waals surface area contributed by atoms with Crippen LogP contribution in [0.3, 0.4) is 0 Å². The zero-order valence-corrected chi connectivity index (χ0v) is 17.8. The molecule has 1 aliphatic rings. The van der Waals surface area contributed by atoms with Gasteiger partial charge in [-0.25, -0.2) is 8.42 Å². The zero-order valence-electron chi connectivity index (χ0n) is 17.0. The smallest absolute Gasteiger partial charge is 0.243 e. The van der Waals surface area contributed by atoms with Crippen LogP contribution < -0.4 is 9.64 Å². The molecule has 0 aliphatic carbocycles. The summed E-state index contributed by atoms with van der Waals surface area (Å²) in [7, 11) is -2.03. The lowest BCUT2D eigenvalue weighted by atomic mass is 10.1. The van der Waals surface area contributed by atoms with Crippen molar-refractivity contribution in [1.82, 2.24) is 14.5 Å². The number of rotatable bonds is 5. The lowest BCUT2D eigenvalue weighted by Gasteiger charge is -2.34. The molecule has 2 aromatic carbocycles. The van der Waals surface area contributed by atoms with Crippen molar-refractivity contribution >= 4 is 15.8 Å². The highest BCUT2D eigenvalue weighted by atomic mass is 32.2. The second-order valence-electron chi connectivity index (χ2n) is 7.16. The van der Waals surface area contributed by atoms with Crippen molar-refractivity contribution in [2.45, 2.75) is 11.8 Å². The molecule has 1 aromatic heterocycles. The van der Waals surface area contributed by atoms with Crippen LogP contribution in [0.2, 0.25) is 0 Å². The van der Waals surface area contributed by atoms with Crippen LogP contribution in [0.4, 0.5) is 5.82 Å². The summed E-state index contributed by atoms with van der Waals surface area (Å²) in [4.78, 5) is 2.31. The number of sulfonamides is 1. The van der Waals surface area contributed by atoms with Gasteiger partial charge in [-0.1, -0.05) is 30.3 Å². The summed E-state index contributed by atoms with van der Waals surface area (Å²) in [6.07, 6.45) is 0. The first-order valence-corrected chi connectivity index (χ1v) is 11.2. The third-order valence-electron chi connectivity index (χ3n) is 5.31. The highest BCUT2D eigenvalue weighted by Gasteiger charge is 2.29. The number of methoxy groups -OCH3 is 1. The van der Waals surface area contributed by atoms with Gasteiger partial charge < -0.3 is 9.64 Å². The van der Waals surface area contributed by atoms with Crippen LogP contribution in [0.25, 0.3) is 11.3 Å². The Morgan fingerprint density at radius 2 is 1.67 bits per heavy atom. The average Bonchev–Trinajstić information content (AvgIpc) is 2.80. The summed E-state index contributed by atoms with van der Waals surface area (Å²) in [5.74, 6) is 1.28. The molecule has 0 saturated carbocycles. The van der Waals surface area contributed by atoms with Crippen LogP contribution in [0.15, 0.2) is 65.6 Å². The molecule has 0 radical (unpaired) electrons. The molecular weight excluding hydrogens is 400 g/mol. The Kier molecular flexibility index (Phi) is 5.69. The van der Waals surface area contributed by atoms with E-state index in [2.05, 4.69) is 15.1 Å². The Hall–Kier alpha value is -2.97. The largest absolute Gasteiger partial charge is 0.497 e. The van der Waals surface area contributed by atoms with E-state index in [0.717, 1.165) is 22.6 Å². The summed E-state index contributed by atoms with van der Waals surface area (Å²) in [6.45, 7) is 3.94. The second-order valence-corrected chi connectivity index (χ2v) is 9.10. The molecule has 2 heterocycles. The molecule has 156 valence electrons. The maximum Gasteiger partial charge on any atom is 0.243 e. The lowest BCUT2D eigenvalue weighted by Crippen LogP contribution is -2.49. The van der Waals surface area contributed by atoms with Crippen LogP contribution in [0.5, 0.6) is 5.75 Å². The van der Waals surface area contributed by atoms with Crippen molar-refractivity contribution in [3.05, 3.63) is 66.2 Å². The number of aromatic nitrogens is 2. The maximum absolute atomic E-state index is 13.0. The molecule has 0 atom stereocenters. The van der Waals surface area contributed by atoms with Gasteiger partial charge in [0.1, 0.15) is 5.75 Å². The Morgan fingerprint density at radius 1 is 0.900 bits per heavy atom. The normalized spacial score (nSPS) is 15.2. The zero-order chi connectivity index (χ0) is 21.1. The van der Waals surface area contributed by atoms with Crippen molar-refractivity contribution in [2.75, 3.05) is 38.2 Å². The van der Waals surface area contributed by atoms with Gasteiger partial charge in [0.25, 0.3) is 0 Å². The van der Waals surface area contributed by atoms with E-state index in [9.17, 15) is 8.42 Å². The van der Waals surface area contributed by atoms with E-state index in [-0.39, 0.29) is 4.90 Å². The first-order valence-electron chi connectivity index (χ1n) is 9.78. The summed E-state index contributed by atoms with van der Waals surface area (Å²) < 4.78 is 32.6. The molecule has 1 fully saturated rings. The van der Waals surface area contributed by atoms with E-state index >= 15 is 0 Å². The third kappa shape index (κ3) is 4.01. The van der Waals surface area contributed by atoms with Gasteiger partial charge in [-0.05, 0) is 36.8 Å². The van der Waals surface area contributed by atoms with Crippen LogP contribution in [-0.4, -0.2) is 56.2 Å². The molecule has 0 N–H and O–H groups in total. The number of hydrogen-bond acceptors (Lipinski definition) is 6. The number of anilines is 1. The Morgan fingerprint density at radius 3 is 2.33 bits per heavy atom. The van der Waals surface area contributed by atoms with E-state index in [1.54, 1.807) is 24.3 Å². The van der Waals surface area contributed by atoms with Gasteiger partial charge in [-0.2, -0.15) is 4.31 Å². The van der Waals surface area contributed by atoms with E-state index in [1.807, 2.05) is 43.3 Å². The molecule has 1 saturated heterocycles. The van der Waals surface area contributed by atoms with Crippen molar-refractivity contribution in [3.8, 4) is 17.0 Å². The highest BCUT2D eigenvalue weighted by molar-refractivity contribution is 7.89. The predicted molar refractivity (Wildman–Crippen MR) is 116 cm³/mol. The quantitative estimate of drug-likeness (QED) is 0.627. The lowest BCUT2D eigenvalue weighted by molar-refractivity contribution is 0.382. The van der Waals surface area contributed by atoms with Crippen molar-refractivity contribution in [2.24, 2.45) is 0 Å². The van der Waals surface area contributed by atoms with Gasteiger partial charge in [0.15, 0.2) is 5.82 Å². The monoisotopic (exact) mass is 424 g/mol. The fraction of sp³-hybridized carbons (Fsp3) is 0.273. The summed E-state index contributed by atoms with van der Waals surface area (Å²) in [6, 6.07) is 18.5. The van der Waals surface area contributed by atoms with Gasteiger partial charge in [0.2, 0.25) is 10.0 Å². The van der Waals surface area contributed by atoms with Crippen molar-refractivity contribution in [1.29, 1.82) is 0 Å². The molecule has 0 spiro atoms. The van der Waals surface area contributed by atoms with Crippen molar-refractivity contribution < 1.29 is 13.2 Å². The SMILES string of the molecule is COc1cccc(S(=O)(=O)N2CCN(c3ccc(-c4ccccc4C)nn3)CC2)c1. The number of piperazine rings is 1. The molecule has 0 bridgehead atoms. The van der Waals surface area contributed by atoms with Crippen LogP contribution in [0.1, 0.15) is 5.56 Å². The Bertz CT molecular complexity index is 1130. The Balaban J connectivity index is 1.45. The summed E-state index contributed by atoms with van der Waals surface area (Å²) >= 11 is 0. The molecular formula is C22H24N4O3S. The fourth-order valence-corrected chi connectivity index (χ4v) is 5.02. The molecule has 4 rings (SSSR count). The van der Waals surface area contributed by atoms with Gasteiger partial charge >= 0.3 is 0 Å². The molecule has 0 unspecified atom stereocenters. The number of benzene rings is 2. The predicted octanol–water partition coefficient (Wildman–Crippen LogP) is 2.97. The average molecular weight is 425 g/mol. The summed E-state index contributed by atoms with van der Waals surface area (Å²) in [5, 5.41) is 8.76. The maximum atomic E-state index is 13.0. The molecule has 8 heteroatoms. The number of hydrogen-bond donors (Lipinski definition) is 0.